The average molecular weight is 489 g/mol. The first-order valence-corrected chi connectivity index (χ1v) is 13.2. The topological polar surface area (TPSA) is 108 Å². The first-order valence-electron chi connectivity index (χ1n) is 13.2. The van der Waals surface area contributed by atoms with Crippen LogP contribution >= 0.6 is 0 Å². The summed E-state index contributed by atoms with van der Waals surface area (Å²) in [7, 11) is 0. The minimum atomic E-state index is -0.388. The molecular weight excluding hydrogens is 448 g/mol. The van der Waals surface area contributed by atoms with Gasteiger partial charge in [0.2, 0.25) is 6.54 Å². The highest BCUT2D eigenvalue weighted by molar-refractivity contribution is 5.86. The van der Waals surface area contributed by atoms with Crippen LogP contribution in [-0.2, 0) is 19.2 Å². The molecule has 3 fully saturated rings. The molecule has 3 saturated carbocycles. The van der Waals surface area contributed by atoms with Gasteiger partial charge in [0.15, 0.2) is 0 Å². The maximum atomic E-state index is 11.7. The molecule has 7 unspecified atom stereocenters. The number of carbonyl (C=O) groups excluding carboxylic acids is 2. The lowest BCUT2D eigenvalue weighted by atomic mass is 9.47. The zero-order valence-corrected chi connectivity index (χ0v) is 21.7. The molecule has 0 spiro atoms. The lowest BCUT2D eigenvalue weighted by Crippen LogP contribution is -2.51. The third-order valence-corrected chi connectivity index (χ3v) is 9.98. The van der Waals surface area contributed by atoms with Crippen LogP contribution in [0.4, 0.5) is 0 Å². The van der Waals surface area contributed by atoms with E-state index in [0.29, 0.717) is 23.5 Å². The summed E-state index contributed by atoms with van der Waals surface area (Å²) in [6.45, 7) is 9.68. The summed E-state index contributed by atoms with van der Waals surface area (Å²) in [4.78, 5) is 39.7. The first-order chi connectivity index (χ1) is 16.5. The van der Waals surface area contributed by atoms with Crippen LogP contribution in [0.5, 0.6) is 0 Å². The Bertz CT molecular complexity index is 944. The van der Waals surface area contributed by atoms with Crippen molar-refractivity contribution in [3.8, 4) is 0 Å². The number of rotatable bonds is 6. The number of nitrogens with zero attached hydrogens (tertiary/aromatic N) is 2. The summed E-state index contributed by atoms with van der Waals surface area (Å²) in [5.74, 6) is 0.589. The number of esters is 1. The fourth-order valence-electron chi connectivity index (χ4n) is 8.58. The maximum Gasteiger partial charge on any atom is 0.334 e. The van der Waals surface area contributed by atoms with Crippen molar-refractivity contribution < 1.29 is 24.1 Å². The van der Waals surface area contributed by atoms with E-state index in [0.717, 1.165) is 44.9 Å². The highest BCUT2D eigenvalue weighted by Gasteiger charge is 2.62. The normalized spacial score (nSPS) is 40.6. The molecule has 8 heteroatoms. The van der Waals surface area contributed by atoms with Gasteiger partial charge in [0.25, 0.3) is 0 Å². The Labute approximate surface area is 208 Å². The number of carbonyl (C=O) groups is 2. The third-order valence-electron chi connectivity index (χ3n) is 9.98. The molecule has 8 nitrogen and oxygen atoms in total. The Morgan fingerprint density at radius 3 is 2.60 bits per heavy atom. The Hall–Kier alpha value is -2.25. The van der Waals surface area contributed by atoms with Gasteiger partial charge in [-0.25, -0.2) is 4.79 Å². The fourth-order valence-corrected chi connectivity index (χ4v) is 8.58. The van der Waals surface area contributed by atoms with E-state index in [1.165, 1.54) is 12.5 Å². The summed E-state index contributed by atoms with van der Waals surface area (Å²) in [6, 6.07) is 0. The van der Waals surface area contributed by atoms with Crippen LogP contribution in [0.2, 0.25) is 0 Å². The second kappa shape index (κ2) is 9.66. The highest BCUT2D eigenvalue weighted by atomic mass is 16.7. The van der Waals surface area contributed by atoms with Crippen LogP contribution in [0.3, 0.4) is 0 Å². The second-order valence-electron chi connectivity index (χ2n) is 11.8. The molecule has 4 aliphatic carbocycles. The van der Waals surface area contributed by atoms with E-state index in [4.69, 9.17) is 9.57 Å². The molecule has 0 bridgehead atoms. The largest absolute Gasteiger partial charge is 0.462 e. The summed E-state index contributed by atoms with van der Waals surface area (Å²) < 4.78 is 5.55. The molecule has 0 aromatic heterocycles. The molecule has 0 radical (unpaired) electrons. The molecule has 4 rings (SSSR count). The van der Waals surface area contributed by atoms with Gasteiger partial charge in [0.1, 0.15) is 6.10 Å². The lowest BCUT2D eigenvalue weighted by molar-refractivity contribution is -0.489. The van der Waals surface area contributed by atoms with E-state index < -0.39 is 0 Å². The smallest absolute Gasteiger partial charge is 0.334 e. The van der Waals surface area contributed by atoms with Gasteiger partial charge in [-0.15, -0.1) is 0 Å². The van der Waals surface area contributed by atoms with Crippen molar-refractivity contribution in [1.29, 1.82) is 0 Å². The van der Waals surface area contributed by atoms with Crippen LogP contribution in [0.1, 0.15) is 86.0 Å². The van der Waals surface area contributed by atoms with E-state index in [9.17, 15) is 19.7 Å². The zero-order chi connectivity index (χ0) is 25.5. The molecule has 0 amide bonds. The van der Waals surface area contributed by atoms with Gasteiger partial charge < -0.3 is 9.57 Å². The Morgan fingerprint density at radius 1 is 1.20 bits per heavy atom. The molecule has 0 aliphatic heterocycles. The monoisotopic (exact) mass is 488 g/mol. The molecule has 0 N–H and O–H groups in total. The van der Waals surface area contributed by atoms with Gasteiger partial charge in [-0.1, -0.05) is 37.6 Å². The van der Waals surface area contributed by atoms with Crippen LogP contribution < -0.4 is 0 Å². The van der Waals surface area contributed by atoms with Gasteiger partial charge >= 0.3 is 11.9 Å². The molecule has 8 atom stereocenters. The Morgan fingerprint density at radius 2 is 1.94 bits per heavy atom. The zero-order valence-electron chi connectivity index (χ0n) is 21.7. The second-order valence-corrected chi connectivity index (χ2v) is 11.8. The number of oxime groups is 1. The molecule has 4 aliphatic rings. The predicted octanol–water partition coefficient (Wildman–Crippen LogP) is 5.33. The molecule has 0 heterocycles. The van der Waals surface area contributed by atoms with Crippen molar-refractivity contribution in [2.75, 3.05) is 6.54 Å². The minimum absolute atomic E-state index is 0.0257. The average Bonchev–Trinajstić information content (AvgIpc) is 3.08. The van der Waals surface area contributed by atoms with Gasteiger partial charge in [-0.2, -0.15) is 0 Å². The summed E-state index contributed by atoms with van der Waals surface area (Å²) in [6.07, 6.45) is 9.18. The quantitative estimate of drug-likeness (QED) is 0.125. The third kappa shape index (κ3) is 4.65. The molecule has 0 saturated heterocycles. The van der Waals surface area contributed by atoms with Crippen LogP contribution in [0, 0.1) is 50.5 Å². The van der Waals surface area contributed by atoms with Gasteiger partial charge in [-0.3, -0.25) is 14.9 Å². The molecule has 35 heavy (non-hydrogen) atoms. The van der Waals surface area contributed by atoms with Crippen molar-refractivity contribution in [1.82, 2.24) is 0 Å². The number of ether oxygens (including phenoxy) is 1. The van der Waals surface area contributed by atoms with Crippen molar-refractivity contribution in [2.45, 2.75) is 92.1 Å². The van der Waals surface area contributed by atoms with Crippen LogP contribution in [-0.4, -0.2) is 35.2 Å². The van der Waals surface area contributed by atoms with Crippen molar-refractivity contribution >= 4 is 17.7 Å². The molecular formula is C27H40N2O6. The number of hydrogen-bond donors (Lipinski definition) is 0. The molecule has 194 valence electrons. The number of hydrogen-bond acceptors (Lipinski definition) is 7. The number of allylic oxidation sites excluding steroid dienone is 1. The summed E-state index contributed by atoms with van der Waals surface area (Å²) >= 11 is 0. The van der Waals surface area contributed by atoms with E-state index in [2.05, 4.69) is 25.1 Å². The number of nitro groups is 1. The SMILES string of the molecule is CCC(=O)O/N=C(\C)C1[C@@H](C[N+](=O)[O-])CC2C3CC=C4CC(OC(C)=O)CCC4(C)C3CCC21C. The van der Waals surface area contributed by atoms with Crippen molar-refractivity contribution in [3.05, 3.63) is 21.8 Å². The number of fused-ring (bicyclic) bond motifs is 5. The summed E-state index contributed by atoms with van der Waals surface area (Å²) in [5.41, 5.74) is 2.13. The molecule has 0 aromatic rings. The summed E-state index contributed by atoms with van der Waals surface area (Å²) in [5, 5.41) is 15.8. The van der Waals surface area contributed by atoms with E-state index in [1.54, 1.807) is 6.92 Å². The molecule has 0 aromatic carbocycles. The Balaban J connectivity index is 1.62. The lowest BCUT2D eigenvalue weighted by Gasteiger charge is -2.58. The van der Waals surface area contributed by atoms with Crippen LogP contribution in [0.15, 0.2) is 16.8 Å². The predicted molar refractivity (Wildman–Crippen MR) is 131 cm³/mol. The maximum absolute atomic E-state index is 11.7. The standard InChI is InChI=1S/C27H40N2O6/c1-6-24(31)35-28-16(2)25-18(15-29(32)33)13-23-21-8-7-19-14-20(34-17(3)30)9-11-26(19,4)22(21)10-12-27(23,25)5/h7,18,20-23,25H,6,8-15H2,1-5H3/b28-16+/t18-,20?,21?,22?,23?,25?,26?,27?/m1/s1. The first kappa shape index (κ1) is 25.8. The van der Waals surface area contributed by atoms with Crippen molar-refractivity contribution in [2.24, 2.45) is 45.6 Å². The Kier molecular flexibility index (Phi) is 7.13. The van der Waals surface area contributed by atoms with Gasteiger partial charge in [0, 0.05) is 36.5 Å². The van der Waals surface area contributed by atoms with E-state index in [-0.39, 0.29) is 58.6 Å². The van der Waals surface area contributed by atoms with Crippen LogP contribution in [0.25, 0.3) is 0 Å². The van der Waals surface area contributed by atoms with E-state index >= 15 is 0 Å². The fraction of sp³-hybridized carbons (Fsp3) is 0.815. The van der Waals surface area contributed by atoms with E-state index in [1.807, 2.05) is 6.92 Å². The van der Waals surface area contributed by atoms with Gasteiger partial charge in [0.05, 0.1) is 5.71 Å². The van der Waals surface area contributed by atoms with Crippen molar-refractivity contribution in [3.63, 3.8) is 0 Å². The highest BCUT2D eigenvalue weighted by Crippen LogP contribution is 2.67. The minimum Gasteiger partial charge on any atom is -0.462 e. The van der Waals surface area contributed by atoms with Gasteiger partial charge in [-0.05, 0) is 74.0 Å².